The Morgan fingerprint density at radius 3 is 2.61 bits per heavy atom. The van der Waals surface area contributed by atoms with E-state index in [1.54, 1.807) is 0 Å². The highest BCUT2D eigenvalue weighted by atomic mass is 35.5. The summed E-state index contributed by atoms with van der Waals surface area (Å²) >= 11 is 0. The molecule has 2 atom stereocenters. The van der Waals surface area contributed by atoms with Gasteiger partial charge >= 0.3 is 0 Å². The molecular formula is C21H35Cl2N3O2. The number of nitrogens with zero attached hydrogens (tertiary/aromatic N) is 2. The van der Waals surface area contributed by atoms with E-state index in [0.29, 0.717) is 24.8 Å². The zero-order chi connectivity index (χ0) is 18.2. The van der Waals surface area contributed by atoms with E-state index in [-0.39, 0.29) is 30.9 Å². The summed E-state index contributed by atoms with van der Waals surface area (Å²) in [6.45, 7) is 9.50. The number of halogens is 2. The number of morpholine rings is 1. The summed E-state index contributed by atoms with van der Waals surface area (Å²) in [7, 11) is 0. The van der Waals surface area contributed by atoms with Gasteiger partial charge in [0.25, 0.3) is 0 Å². The predicted molar refractivity (Wildman–Crippen MR) is 118 cm³/mol. The summed E-state index contributed by atoms with van der Waals surface area (Å²) in [5.41, 5.74) is 1.21. The molecule has 2 aliphatic rings. The molecule has 160 valence electrons. The molecule has 28 heavy (non-hydrogen) atoms. The standard InChI is InChI=1S/C21H33N3O2.2ClH/c1-18(16-23-11-13-26-14-12-23)24(17-20-5-3-2-4-6-20)21(25)8-7-19-9-10-22-15-19;;/h2-6,18-19,22H,7-17H2,1H3;2*1H. The van der Waals surface area contributed by atoms with Crippen molar-refractivity contribution in [3.8, 4) is 0 Å². The van der Waals surface area contributed by atoms with E-state index in [1.165, 1.54) is 12.0 Å². The third-order valence-electron chi connectivity index (χ3n) is 5.60. The molecule has 2 saturated heterocycles. The SMILES string of the molecule is CC(CN1CCOCC1)N(Cc1ccccc1)C(=O)CCC1CCNC1.Cl.Cl. The first-order valence-electron chi connectivity index (χ1n) is 10.1. The fraction of sp³-hybridized carbons (Fsp3) is 0.667. The quantitative estimate of drug-likeness (QED) is 0.686. The van der Waals surface area contributed by atoms with Crippen molar-refractivity contribution in [1.29, 1.82) is 0 Å². The number of rotatable bonds is 8. The molecule has 2 aliphatic heterocycles. The molecule has 0 bridgehead atoms. The number of nitrogens with one attached hydrogen (secondary N) is 1. The molecule has 1 N–H and O–H groups in total. The van der Waals surface area contributed by atoms with E-state index in [9.17, 15) is 4.79 Å². The van der Waals surface area contributed by atoms with Gasteiger partial charge in [0.1, 0.15) is 0 Å². The lowest BCUT2D eigenvalue weighted by molar-refractivity contribution is -0.134. The minimum atomic E-state index is 0. The molecular weight excluding hydrogens is 397 g/mol. The first-order valence-corrected chi connectivity index (χ1v) is 10.1. The van der Waals surface area contributed by atoms with Gasteiger partial charge in [0.15, 0.2) is 0 Å². The van der Waals surface area contributed by atoms with E-state index in [4.69, 9.17) is 4.74 Å². The molecule has 0 aliphatic carbocycles. The van der Waals surface area contributed by atoms with Crippen molar-refractivity contribution < 1.29 is 9.53 Å². The number of hydrogen-bond donors (Lipinski definition) is 1. The van der Waals surface area contributed by atoms with Crippen molar-refractivity contribution in [2.45, 2.75) is 38.8 Å². The van der Waals surface area contributed by atoms with Crippen LogP contribution in [0, 0.1) is 5.92 Å². The third-order valence-corrected chi connectivity index (χ3v) is 5.60. The van der Waals surface area contributed by atoms with Crippen LogP contribution in [0.5, 0.6) is 0 Å². The Morgan fingerprint density at radius 2 is 1.96 bits per heavy atom. The highest BCUT2D eigenvalue weighted by Gasteiger charge is 2.24. The van der Waals surface area contributed by atoms with Crippen molar-refractivity contribution in [1.82, 2.24) is 15.1 Å². The second kappa shape index (κ2) is 13.4. The lowest BCUT2D eigenvalue weighted by Gasteiger charge is -2.35. The number of carbonyl (C=O) groups is 1. The minimum Gasteiger partial charge on any atom is -0.379 e. The molecule has 0 aromatic heterocycles. The molecule has 0 saturated carbocycles. The molecule has 0 radical (unpaired) electrons. The molecule has 2 unspecified atom stereocenters. The summed E-state index contributed by atoms with van der Waals surface area (Å²) in [6.07, 6.45) is 2.86. The summed E-state index contributed by atoms with van der Waals surface area (Å²) in [5, 5.41) is 3.40. The van der Waals surface area contributed by atoms with Crippen LogP contribution in [-0.4, -0.2) is 67.7 Å². The van der Waals surface area contributed by atoms with Crippen molar-refractivity contribution in [3.05, 3.63) is 35.9 Å². The predicted octanol–water partition coefficient (Wildman–Crippen LogP) is 2.97. The first kappa shape index (κ1) is 25.2. The van der Waals surface area contributed by atoms with Crippen LogP contribution in [0.4, 0.5) is 0 Å². The van der Waals surface area contributed by atoms with Gasteiger partial charge in [0.2, 0.25) is 5.91 Å². The maximum atomic E-state index is 13.0. The van der Waals surface area contributed by atoms with Gasteiger partial charge in [-0.1, -0.05) is 30.3 Å². The molecule has 7 heteroatoms. The second-order valence-electron chi connectivity index (χ2n) is 7.67. The van der Waals surface area contributed by atoms with Crippen LogP contribution in [0.15, 0.2) is 30.3 Å². The van der Waals surface area contributed by atoms with E-state index in [1.807, 2.05) is 6.07 Å². The Labute approximate surface area is 182 Å². The van der Waals surface area contributed by atoms with Gasteiger partial charge in [0.05, 0.1) is 13.2 Å². The number of amides is 1. The van der Waals surface area contributed by atoms with Gasteiger partial charge in [-0.2, -0.15) is 0 Å². The fourth-order valence-electron chi connectivity index (χ4n) is 3.96. The minimum absolute atomic E-state index is 0. The van der Waals surface area contributed by atoms with Gasteiger partial charge < -0.3 is 15.0 Å². The Bertz CT molecular complexity index is 550. The van der Waals surface area contributed by atoms with Crippen LogP contribution in [0.3, 0.4) is 0 Å². The maximum Gasteiger partial charge on any atom is 0.223 e. The van der Waals surface area contributed by atoms with Crippen molar-refractivity contribution in [3.63, 3.8) is 0 Å². The number of benzene rings is 1. The van der Waals surface area contributed by atoms with E-state index in [2.05, 4.69) is 46.3 Å². The van der Waals surface area contributed by atoms with Crippen LogP contribution in [0.25, 0.3) is 0 Å². The first-order chi connectivity index (χ1) is 12.7. The lowest BCUT2D eigenvalue weighted by atomic mass is 10.0. The Hall–Kier alpha value is -0.850. The summed E-state index contributed by atoms with van der Waals surface area (Å²) in [5.74, 6) is 0.952. The van der Waals surface area contributed by atoms with Crippen LogP contribution in [0.1, 0.15) is 31.7 Å². The summed E-state index contributed by atoms with van der Waals surface area (Å²) < 4.78 is 5.45. The third kappa shape index (κ3) is 7.88. The largest absolute Gasteiger partial charge is 0.379 e. The number of hydrogen-bond acceptors (Lipinski definition) is 4. The van der Waals surface area contributed by atoms with E-state index >= 15 is 0 Å². The average molecular weight is 432 g/mol. The fourth-order valence-corrected chi connectivity index (χ4v) is 3.96. The number of carbonyl (C=O) groups excluding carboxylic acids is 1. The molecule has 1 aromatic carbocycles. The smallest absolute Gasteiger partial charge is 0.223 e. The van der Waals surface area contributed by atoms with E-state index < -0.39 is 0 Å². The molecule has 2 heterocycles. The highest BCUT2D eigenvalue weighted by Crippen LogP contribution is 2.18. The van der Waals surface area contributed by atoms with Crippen molar-refractivity contribution in [2.75, 3.05) is 45.9 Å². The van der Waals surface area contributed by atoms with Crippen LogP contribution >= 0.6 is 24.8 Å². The normalized spacial score (nSPS) is 20.7. The Balaban J connectivity index is 0.00000196. The van der Waals surface area contributed by atoms with Gasteiger partial charge in [-0.15, -0.1) is 24.8 Å². The van der Waals surface area contributed by atoms with Crippen LogP contribution in [0.2, 0.25) is 0 Å². The zero-order valence-electron chi connectivity index (χ0n) is 16.8. The van der Waals surface area contributed by atoms with Crippen LogP contribution in [-0.2, 0) is 16.1 Å². The second-order valence-corrected chi connectivity index (χ2v) is 7.67. The molecule has 3 rings (SSSR count). The van der Waals surface area contributed by atoms with Gasteiger partial charge in [-0.25, -0.2) is 0 Å². The lowest BCUT2D eigenvalue weighted by Crippen LogP contribution is -2.48. The van der Waals surface area contributed by atoms with Crippen LogP contribution < -0.4 is 5.32 Å². The highest BCUT2D eigenvalue weighted by molar-refractivity contribution is 5.85. The monoisotopic (exact) mass is 431 g/mol. The summed E-state index contributed by atoms with van der Waals surface area (Å²) in [4.78, 5) is 17.6. The molecule has 5 nitrogen and oxygen atoms in total. The molecule has 2 fully saturated rings. The Morgan fingerprint density at radius 1 is 1.25 bits per heavy atom. The molecule has 1 amide bonds. The van der Waals surface area contributed by atoms with Gasteiger partial charge in [0, 0.05) is 38.6 Å². The van der Waals surface area contributed by atoms with Gasteiger partial charge in [-0.3, -0.25) is 9.69 Å². The molecule has 1 aromatic rings. The maximum absolute atomic E-state index is 13.0. The topological polar surface area (TPSA) is 44.8 Å². The Kier molecular flexibility index (Phi) is 12.0. The summed E-state index contributed by atoms with van der Waals surface area (Å²) in [6, 6.07) is 10.6. The van der Waals surface area contributed by atoms with Gasteiger partial charge in [-0.05, 0) is 44.3 Å². The van der Waals surface area contributed by atoms with Crippen molar-refractivity contribution >= 4 is 30.7 Å². The van der Waals surface area contributed by atoms with Crippen molar-refractivity contribution in [2.24, 2.45) is 5.92 Å². The average Bonchev–Trinajstić information content (AvgIpc) is 3.19. The molecule has 0 spiro atoms. The van der Waals surface area contributed by atoms with E-state index in [0.717, 1.165) is 52.4 Å². The number of ether oxygens (including phenoxy) is 1. The zero-order valence-corrected chi connectivity index (χ0v) is 18.5.